The number of hydrogen-bond acceptors (Lipinski definition) is 4. The zero-order valence-electron chi connectivity index (χ0n) is 13.1. The standard InChI is InChI=1S/C18H17ClN2O3/c1-24-18(23)14-8-12(11-20)9-15(10-14)21-17(22)7-6-13-4-2-3-5-16(13)19/h2-10H,11,20H2,1H3,(H,21,22)/b7-6+. The molecule has 0 aliphatic heterocycles. The fourth-order valence-corrected chi connectivity index (χ4v) is 2.28. The number of methoxy groups -OCH3 is 1. The van der Waals surface area contributed by atoms with Crippen LogP contribution in [0.5, 0.6) is 0 Å². The summed E-state index contributed by atoms with van der Waals surface area (Å²) < 4.78 is 4.69. The molecule has 2 aromatic rings. The minimum Gasteiger partial charge on any atom is -0.465 e. The van der Waals surface area contributed by atoms with E-state index in [0.29, 0.717) is 21.8 Å². The second-order valence-electron chi connectivity index (χ2n) is 4.96. The molecule has 5 nitrogen and oxygen atoms in total. The molecule has 1 amide bonds. The minimum atomic E-state index is -0.493. The smallest absolute Gasteiger partial charge is 0.337 e. The van der Waals surface area contributed by atoms with Crippen LogP contribution < -0.4 is 11.1 Å². The molecule has 0 bridgehead atoms. The van der Waals surface area contributed by atoms with Crippen molar-refractivity contribution in [2.75, 3.05) is 12.4 Å². The summed E-state index contributed by atoms with van der Waals surface area (Å²) in [7, 11) is 1.29. The van der Waals surface area contributed by atoms with Crippen molar-refractivity contribution in [1.82, 2.24) is 0 Å². The molecule has 0 atom stereocenters. The van der Waals surface area contributed by atoms with Gasteiger partial charge < -0.3 is 15.8 Å². The monoisotopic (exact) mass is 344 g/mol. The Kier molecular flexibility index (Phi) is 6.12. The Morgan fingerprint density at radius 3 is 2.67 bits per heavy atom. The highest BCUT2D eigenvalue weighted by atomic mass is 35.5. The molecular formula is C18H17ClN2O3. The Bertz CT molecular complexity index is 788. The van der Waals surface area contributed by atoms with Crippen molar-refractivity contribution in [2.45, 2.75) is 6.54 Å². The highest BCUT2D eigenvalue weighted by Gasteiger charge is 2.09. The number of nitrogens with two attached hydrogens (primary N) is 1. The maximum absolute atomic E-state index is 12.1. The average molecular weight is 345 g/mol. The van der Waals surface area contributed by atoms with Gasteiger partial charge in [0.1, 0.15) is 0 Å². The molecule has 0 saturated heterocycles. The lowest BCUT2D eigenvalue weighted by Crippen LogP contribution is -2.11. The topological polar surface area (TPSA) is 81.4 Å². The lowest BCUT2D eigenvalue weighted by atomic mass is 10.1. The van der Waals surface area contributed by atoms with Crippen molar-refractivity contribution in [3.63, 3.8) is 0 Å². The Morgan fingerprint density at radius 2 is 2.00 bits per heavy atom. The van der Waals surface area contributed by atoms with Gasteiger partial charge in [-0.15, -0.1) is 0 Å². The van der Waals surface area contributed by atoms with E-state index in [1.165, 1.54) is 19.3 Å². The first-order valence-electron chi connectivity index (χ1n) is 7.19. The second kappa shape index (κ2) is 8.29. The summed E-state index contributed by atoms with van der Waals surface area (Å²) in [5.74, 6) is -0.840. The molecule has 0 spiro atoms. The van der Waals surface area contributed by atoms with E-state index in [4.69, 9.17) is 22.1 Å². The fraction of sp³-hybridized carbons (Fsp3) is 0.111. The normalized spacial score (nSPS) is 10.6. The lowest BCUT2D eigenvalue weighted by Gasteiger charge is -2.08. The van der Waals surface area contributed by atoms with Gasteiger partial charge in [0, 0.05) is 23.3 Å². The first-order chi connectivity index (χ1) is 11.5. The van der Waals surface area contributed by atoms with Crippen LogP contribution in [0.25, 0.3) is 6.08 Å². The predicted molar refractivity (Wildman–Crippen MR) is 94.8 cm³/mol. The Labute approximate surface area is 145 Å². The number of ether oxygens (including phenoxy) is 1. The summed E-state index contributed by atoms with van der Waals surface area (Å²) in [5.41, 5.74) is 7.86. The molecular weight excluding hydrogens is 328 g/mol. The van der Waals surface area contributed by atoms with E-state index >= 15 is 0 Å². The van der Waals surface area contributed by atoms with Gasteiger partial charge in [-0.05, 0) is 41.5 Å². The van der Waals surface area contributed by atoms with Crippen molar-refractivity contribution in [3.05, 3.63) is 70.3 Å². The van der Waals surface area contributed by atoms with Gasteiger partial charge in [-0.2, -0.15) is 0 Å². The van der Waals surface area contributed by atoms with Crippen LogP contribution in [0, 0.1) is 0 Å². The molecule has 124 valence electrons. The van der Waals surface area contributed by atoms with Crippen LogP contribution in [0.4, 0.5) is 5.69 Å². The van der Waals surface area contributed by atoms with Crippen molar-refractivity contribution in [3.8, 4) is 0 Å². The number of esters is 1. The van der Waals surface area contributed by atoms with E-state index in [1.54, 1.807) is 30.3 Å². The number of benzene rings is 2. The SMILES string of the molecule is COC(=O)c1cc(CN)cc(NC(=O)/C=C/c2ccccc2Cl)c1. The summed E-state index contributed by atoms with van der Waals surface area (Å²) >= 11 is 6.03. The van der Waals surface area contributed by atoms with E-state index in [1.807, 2.05) is 12.1 Å². The quantitative estimate of drug-likeness (QED) is 0.644. The third kappa shape index (κ3) is 4.68. The number of nitrogens with one attached hydrogen (secondary N) is 1. The van der Waals surface area contributed by atoms with Crippen LogP contribution in [0.2, 0.25) is 5.02 Å². The van der Waals surface area contributed by atoms with Gasteiger partial charge in [0.05, 0.1) is 12.7 Å². The van der Waals surface area contributed by atoms with E-state index in [2.05, 4.69) is 5.32 Å². The van der Waals surface area contributed by atoms with Crippen LogP contribution in [0.1, 0.15) is 21.5 Å². The van der Waals surface area contributed by atoms with Crippen molar-refractivity contribution in [1.29, 1.82) is 0 Å². The van der Waals surface area contributed by atoms with Gasteiger partial charge in [-0.25, -0.2) is 4.79 Å². The number of amides is 1. The van der Waals surface area contributed by atoms with Gasteiger partial charge in [0.2, 0.25) is 5.91 Å². The fourth-order valence-electron chi connectivity index (χ4n) is 2.08. The van der Waals surface area contributed by atoms with Crippen molar-refractivity contribution < 1.29 is 14.3 Å². The zero-order chi connectivity index (χ0) is 17.5. The molecule has 0 heterocycles. The second-order valence-corrected chi connectivity index (χ2v) is 5.37. The number of halogens is 1. The lowest BCUT2D eigenvalue weighted by molar-refractivity contribution is -0.111. The molecule has 3 N–H and O–H groups in total. The first-order valence-corrected chi connectivity index (χ1v) is 7.57. The number of rotatable bonds is 5. The molecule has 2 aromatic carbocycles. The maximum Gasteiger partial charge on any atom is 0.337 e. The van der Waals surface area contributed by atoms with Gasteiger partial charge in [-0.1, -0.05) is 29.8 Å². The summed E-state index contributed by atoms with van der Waals surface area (Å²) in [6.07, 6.45) is 2.99. The number of carbonyl (C=O) groups excluding carboxylic acids is 2. The van der Waals surface area contributed by atoms with Crippen LogP contribution in [-0.2, 0) is 16.1 Å². The summed E-state index contributed by atoms with van der Waals surface area (Å²) in [6.45, 7) is 0.239. The van der Waals surface area contributed by atoms with Crippen LogP contribution in [-0.4, -0.2) is 19.0 Å². The van der Waals surface area contributed by atoms with Crippen LogP contribution >= 0.6 is 11.6 Å². The molecule has 0 radical (unpaired) electrons. The average Bonchev–Trinajstić information content (AvgIpc) is 2.60. The summed E-state index contributed by atoms with van der Waals surface area (Å²) in [5, 5.41) is 3.25. The predicted octanol–water partition coefficient (Wildman–Crippen LogP) is 3.24. The molecule has 0 aliphatic carbocycles. The number of hydrogen-bond donors (Lipinski definition) is 2. The number of carbonyl (C=O) groups is 2. The van der Waals surface area contributed by atoms with Gasteiger partial charge in [-0.3, -0.25) is 4.79 Å². The largest absolute Gasteiger partial charge is 0.465 e. The van der Waals surface area contributed by atoms with E-state index in [0.717, 1.165) is 5.56 Å². The highest BCUT2D eigenvalue weighted by molar-refractivity contribution is 6.32. The van der Waals surface area contributed by atoms with E-state index < -0.39 is 5.97 Å². The third-order valence-corrected chi connectivity index (χ3v) is 3.58. The third-order valence-electron chi connectivity index (χ3n) is 3.24. The van der Waals surface area contributed by atoms with Crippen LogP contribution in [0.15, 0.2) is 48.5 Å². The first kappa shape index (κ1) is 17.7. The van der Waals surface area contributed by atoms with Gasteiger partial charge in [0.15, 0.2) is 0 Å². The van der Waals surface area contributed by atoms with E-state index in [9.17, 15) is 9.59 Å². The Hall–Kier alpha value is -2.63. The Balaban J connectivity index is 2.16. The Morgan fingerprint density at radius 1 is 1.25 bits per heavy atom. The molecule has 0 saturated carbocycles. The molecule has 2 rings (SSSR count). The molecule has 0 fully saturated rings. The van der Waals surface area contributed by atoms with Gasteiger partial charge >= 0.3 is 5.97 Å². The molecule has 24 heavy (non-hydrogen) atoms. The van der Waals surface area contributed by atoms with Crippen molar-refractivity contribution >= 4 is 35.2 Å². The summed E-state index contributed by atoms with van der Waals surface area (Å²) in [6, 6.07) is 12.0. The molecule has 0 unspecified atom stereocenters. The van der Waals surface area contributed by atoms with Crippen molar-refractivity contribution in [2.24, 2.45) is 5.73 Å². The van der Waals surface area contributed by atoms with Crippen LogP contribution in [0.3, 0.4) is 0 Å². The molecule has 0 aromatic heterocycles. The number of anilines is 1. The summed E-state index contributed by atoms with van der Waals surface area (Å²) in [4.78, 5) is 23.7. The highest BCUT2D eigenvalue weighted by Crippen LogP contribution is 2.18. The zero-order valence-corrected chi connectivity index (χ0v) is 13.8. The van der Waals surface area contributed by atoms with E-state index in [-0.39, 0.29) is 12.5 Å². The maximum atomic E-state index is 12.1. The molecule has 0 aliphatic rings. The molecule has 6 heteroatoms. The minimum absolute atomic E-state index is 0.239. The van der Waals surface area contributed by atoms with Gasteiger partial charge in [0.25, 0.3) is 0 Å².